The molecular weight excluding hydrogens is 418 g/mol. The fraction of sp³-hybridized carbons (Fsp3) is 0.0909. The van der Waals surface area contributed by atoms with Gasteiger partial charge in [-0.15, -0.1) is 0 Å². The summed E-state index contributed by atoms with van der Waals surface area (Å²) in [7, 11) is -1.30. The maximum Gasteiger partial charge on any atom is 0.283 e. The van der Waals surface area contributed by atoms with Crippen LogP contribution < -0.4 is 14.2 Å². The number of methoxy groups -OCH3 is 2. The fourth-order valence-electron chi connectivity index (χ4n) is 2.93. The summed E-state index contributed by atoms with van der Waals surface area (Å²) >= 11 is 0. The molecule has 0 aliphatic heterocycles. The van der Waals surface area contributed by atoms with Gasteiger partial charge in [0.2, 0.25) is 22.7 Å². The van der Waals surface area contributed by atoms with E-state index in [9.17, 15) is 8.42 Å². The molecule has 0 spiro atoms. The maximum absolute atomic E-state index is 13.3. The largest absolute Gasteiger partial charge is 0.481 e. The van der Waals surface area contributed by atoms with Crippen LogP contribution >= 0.6 is 0 Å². The highest BCUT2D eigenvalue weighted by Crippen LogP contribution is 2.34. The Balaban J connectivity index is 1.81. The van der Waals surface area contributed by atoms with Crippen LogP contribution in [0.3, 0.4) is 0 Å². The van der Waals surface area contributed by atoms with Crippen LogP contribution in [0.25, 0.3) is 22.8 Å². The summed E-state index contributed by atoms with van der Waals surface area (Å²) in [6, 6.07) is 21.0. The number of oxazole rings is 1. The van der Waals surface area contributed by atoms with Gasteiger partial charge >= 0.3 is 0 Å². The number of sulfonamides is 1. The second-order valence-electron chi connectivity index (χ2n) is 6.40. The molecule has 0 saturated carbocycles. The van der Waals surface area contributed by atoms with Gasteiger partial charge in [0.25, 0.3) is 10.0 Å². The van der Waals surface area contributed by atoms with E-state index in [1.807, 2.05) is 24.3 Å². The predicted molar refractivity (Wildman–Crippen MR) is 116 cm³/mol. The molecule has 0 fully saturated rings. The molecule has 0 bridgehead atoms. The standard InChI is InChI=1S/C22H19N3O5S/c1-28-18-14-13-17(21(23-18)29-2)25-31(26,27)22-19(15-9-5-3-6-10-15)30-20(24-22)16-11-7-4-8-12-16/h3-14,25H,1-2H3. The quantitative estimate of drug-likeness (QED) is 0.462. The highest BCUT2D eigenvalue weighted by Gasteiger charge is 2.28. The molecule has 0 unspecified atom stereocenters. The van der Waals surface area contributed by atoms with Gasteiger partial charge in [-0.1, -0.05) is 48.5 Å². The number of nitrogens with zero attached hydrogens (tertiary/aromatic N) is 2. The van der Waals surface area contributed by atoms with Crippen molar-refractivity contribution in [1.29, 1.82) is 0 Å². The molecule has 2 heterocycles. The molecule has 0 amide bonds. The Hall–Kier alpha value is -3.85. The lowest BCUT2D eigenvalue weighted by atomic mass is 10.2. The molecule has 4 aromatic rings. The Labute approximate surface area is 179 Å². The second-order valence-corrected chi connectivity index (χ2v) is 8.00. The maximum atomic E-state index is 13.3. The molecule has 1 N–H and O–H groups in total. The lowest BCUT2D eigenvalue weighted by Gasteiger charge is -2.11. The summed E-state index contributed by atoms with van der Waals surface area (Å²) in [6.45, 7) is 0. The van der Waals surface area contributed by atoms with Crippen molar-refractivity contribution in [3.05, 3.63) is 72.8 Å². The van der Waals surface area contributed by atoms with Crippen LogP contribution in [0.4, 0.5) is 5.69 Å². The van der Waals surface area contributed by atoms with Crippen molar-refractivity contribution in [3.63, 3.8) is 0 Å². The first kappa shape index (κ1) is 20.4. The third-order valence-corrected chi connectivity index (χ3v) is 5.66. The minimum Gasteiger partial charge on any atom is -0.481 e. The van der Waals surface area contributed by atoms with Gasteiger partial charge in [-0.25, -0.2) is 0 Å². The summed E-state index contributed by atoms with van der Waals surface area (Å²) < 4.78 is 45.3. The van der Waals surface area contributed by atoms with Gasteiger partial charge in [-0.2, -0.15) is 18.4 Å². The Kier molecular flexibility index (Phi) is 5.59. The van der Waals surface area contributed by atoms with Crippen LogP contribution in [0, 0.1) is 0 Å². The Bertz CT molecular complexity index is 1290. The molecule has 0 radical (unpaired) electrons. The van der Waals surface area contributed by atoms with Crippen LogP contribution in [0.1, 0.15) is 0 Å². The molecule has 9 heteroatoms. The summed E-state index contributed by atoms with van der Waals surface area (Å²) in [5, 5.41) is -0.240. The molecule has 0 atom stereocenters. The number of aromatic nitrogens is 2. The average molecular weight is 437 g/mol. The van der Waals surface area contributed by atoms with Crippen molar-refractivity contribution >= 4 is 15.7 Å². The Morgan fingerprint density at radius 1 is 0.806 bits per heavy atom. The van der Waals surface area contributed by atoms with E-state index >= 15 is 0 Å². The second kappa shape index (κ2) is 8.49. The van der Waals surface area contributed by atoms with Crippen LogP contribution in [-0.4, -0.2) is 32.6 Å². The van der Waals surface area contributed by atoms with E-state index < -0.39 is 10.0 Å². The van der Waals surface area contributed by atoms with Crippen molar-refractivity contribution in [2.75, 3.05) is 18.9 Å². The normalized spacial score (nSPS) is 11.2. The van der Waals surface area contributed by atoms with E-state index in [4.69, 9.17) is 13.9 Å². The Morgan fingerprint density at radius 3 is 2.06 bits per heavy atom. The van der Waals surface area contributed by atoms with E-state index in [1.54, 1.807) is 36.4 Å². The topological polar surface area (TPSA) is 104 Å². The van der Waals surface area contributed by atoms with Crippen molar-refractivity contribution in [2.45, 2.75) is 5.03 Å². The van der Waals surface area contributed by atoms with Gasteiger partial charge in [0.1, 0.15) is 5.69 Å². The lowest BCUT2D eigenvalue weighted by Crippen LogP contribution is -2.15. The molecule has 2 aromatic carbocycles. The van der Waals surface area contributed by atoms with E-state index in [1.165, 1.54) is 26.4 Å². The number of ether oxygens (including phenoxy) is 2. The molecule has 158 valence electrons. The van der Waals surface area contributed by atoms with Gasteiger partial charge in [0.15, 0.2) is 5.76 Å². The highest BCUT2D eigenvalue weighted by molar-refractivity contribution is 7.92. The van der Waals surface area contributed by atoms with Gasteiger partial charge in [-0.05, 0) is 18.2 Å². The zero-order valence-corrected chi connectivity index (χ0v) is 17.6. The zero-order valence-electron chi connectivity index (χ0n) is 16.8. The number of benzene rings is 2. The summed E-state index contributed by atoms with van der Waals surface area (Å²) in [5.74, 6) is 0.681. The van der Waals surface area contributed by atoms with Gasteiger partial charge < -0.3 is 13.9 Å². The van der Waals surface area contributed by atoms with Crippen molar-refractivity contribution in [2.24, 2.45) is 0 Å². The zero-order chi connectivity index (χ0) is 21.8. The van der Waals surface area contributed by atoms with Crippen LogP contribution in [0.2, 0.25) is 0 Å². The van der Waals surface area contributed by atoms with Crippen molar-refractivity contribution in [1.82, 2.24) is 9.97 Å². The fourth-order valence-corrected chi connectivity index (χ4v) is 4.08. The van der Waals surface area contributed by atoms with Crippen molar-refractivity contribution < 1.29 is 22.3 Å². The van der Waals surface area contributed by atoms with E-state index in [0.717, 1.165) is 0 Å². The monoisotopic (exact) mass is 437 g/mol. The highest BCUT2D eigenvalue weighted by atomic mass is 32.2. The smallest absolute Gasteiger partial charge is 0.283 e. The SMILES string of the molecule is COc1ccc(NS(=O)(=O)c2nc(-c3ccccc3)oc2-c2ccccc2)c(OC)n1. The average Bonchev–Trinajstić information content (AvgIpc) is 3.27. The minimum absolute atomic E-state index is 0.0657. The van der Waals surface area contributed by atoms with Crippen LogP contribution in [-0.2, 0) is 10.0 Å². The van der Waals surface area contributed by atoms with E-state index in [2.05, 4.69) is 14.7 Å². The third kappa shape index (κ3) is 4.22. The van der Waals surface area contributed by atoms with Crippen LogP contribution in [0.15, 0.2) is 82.2 Å². The minimum atomic E-state index is -4.15. The van der Waals surface area contributed by atoms with Gasteiger partial charge in [-0.3, -0.25) is 4.72 Å². The number of hydrogen-bond acceptors (Lipinski definition) is 7. The van der Waals surface area contributed by atoms with E-state index in [0.29, 0.717) is 11.1 Å². The van der Waals surface area contributed by atoms with Crippen molar-refractivity contribution in [3.8, 4) is 34.5 Å². The molecule has 0 aliphatic rings. The molecule has 0 aliphatic carbocycles. The summed E-state index contributed by atoms with van der Waals surface area (Å²) in [6.07, 6.45) is 0. The van der Waals surface area contributed by atoms with Gasteiger partial charge in [0, 0.05) is 17.2 Å². The first-order valence-electron chi connectivity index (χ1n) is 9.25. The number of pyridine rings is 1. The number of hydrogen-bond donors (Lipinski definition) is 1. The number of anilines is 1. The molecule has 2 aromatic heterocycles. The molecular formula is C22H19N3O5S. The molecule has 0 saturated heterocycles. The summed E-state index contributed by atoms with van der Waals surface area (Å²) in [4.78, 5) is 8.42. The molecule has 4 rings (SSSR count). The third-order valence-electron chi connectivity index (χ3n) is 4.39. The first-order chi connectivity index (χ1) is 15.0. The molecule has 31 heavy (non-hydrogen) atoms. The number of rotatable bonds is 7. The Morgan fingerprint density at radius 2 is 1.45 bits per heavy atom. The van der Waals surface area contributed by atoms with Gasteiger partial charge in [0.05, 0.1) is 14.2 Å². The summed E-state index contributed by atoms with van der Waals surface area (Å²) in [5.41, 5.74) is 1.38. The molecule has 8 nitrogen and oxygen atoms in total. The lowest BCUT2D eigenvalue weighted by molar-refractivity contribution is 0.366. The van der Waals surface area contributed by atoms with Crippen LogP contribution in [0.5, 0.6) is 11.8 Å². The first-order valence-corrected chi connectivity index (χ1v) is 10.7. The van der Waals surface area contributed by atoms with E-state index in [-0.39, 0.29) is 34.1 Å². The predicted octanol–water partition coefficient (Wildman–Crippen LogP) is 4.22. The number of nitrogens with one attached hydrogen (secondary N) is 1.